The molecule has 128 valence electrons. The van der Waals surface area contributed by atoms with Crippen LogP contribution < -0.4 is 20.7 Å². The molecule has 23 heavy (non-hydrogen) atoms. The monoisotopic (exact) mass is 321 g/mol. The zero-order valence-corrected chi connectivity index (χ0v) is 14.4. The van der Waals surface area contributed by atoms with E-state index in [1.807, 2.05) is 45.9 Å². The third kappa shape index (κ3) is 7.54. The van der Waals surface area contributed by atoms with E-state index in [4.69, 9.17) is 4.74 Å². The van der Waals surface area contributed by atoms with E-state index in [0.29, 0.717) is 18.0 Å². The number of carbonyl (C=O) groups is 2. The number of hydrogen-bond donors (Lipinski definition) is 3. The minimum absolute atomic E-state index is 0.0809. The van der Waals surface area contributed by atoms with Crippen molar-refractivity contribution in [2.45, 2.75) is 46.6 Å². The summed E-state index contributed by atoms with van der Waals surface area (Å²) in [4.78, 5) is 23.4. The maximum Gasteiger partial charge on any atom is 0.319 e. The molecule has 0 unspecified atom stereocenters. The van der Waals surface area contributed by atoms with E-state index in [9.17, 15) is 9.59 Å². The summed E-state index contributed by atoms with van der Waals surface area (Å²) in [6.07, 6.45) is 1.14. The average Bonchev–Trinajstić information content (AvgIpc) is 2.46. The molecule has 0 aliphatic carbocycles. The lowest BCUT2D eigenvalue weighted by molar-refractivity contribution is -0.121. The topological polar surface area (TPSA) is 79.5 Å². The summed E-state index contributed by atoms with van der Waals surface area (Å²) in [6, 6.07) is 5.35. The lowest BCUT2D eigenvalue weighted by Crippen LogP contribution is -2.35. The molecule has 0 radical (unpaired) electrons. The van der Waals surface area contributed by atoms with E-state index in [1.54, 1.807) is 0 Å². The molecule has 6 heteroatoms. The molecule has 0 saturated carbocycles. The molecule has 0 atom stereocenters. The van der Waals surface area contributed by atoms with Gasteiger partial charge in [-0.15, -0.1) is 0 Å². The van der Waals surface area contributed by atoms with Crippen LogP contribution in [0.25, 0.3) is 0 Å². The van der Waals surface area contributed by atoms with Gasteiger partial charge in [0, 0.05) is 19.0 Å². The van der Waals surface area contributed by atoms with Crippen LogP contribution >= 0.6 is 0 Å². The number of nitrogens with one attached hydrogen (secondary N) is 3. The molecule has 0 heterocycles. The standard InChI is InChI=1S/C17H27N3O3/c1-5-10-23-15-11-13(4)6-7-14(15)20-17(22)18-9-8-16(21)19-12(2)3/h6-7,11-12H,5,8-10H2,1-4H3,(H,19,21)(H2,18,20,22). The van der Waals surface area contributed by atoms with Crippen LogP contribution in [0.15, 0.2) is 18.2 Å². The van der Waals surface area contributed by atoms with Crippen molar-refractivity contribution >= 4 is 17.6 Å². The van der Waals surface area contributed by atoms with Crippen molar-refractivity contribution in [1.29, 1.82) is 0 Å². The second kappa shape index (κ2) is 9.71. The summed E-state index contributed by atoms with van der Waals surface area (Å²) in [6.45, 7) is 8.66. The van der Waals surface area contributed by atoms with Gasteiger partial charge in [0.05, 0.1) is 12.3 Å². The van der Waals surface area contributed by atoms with Crippen molar-refractivity contribution in [2.24, 2.45) is 0 Å². The molecule has 1 rings (SSSR count). The maximum atomic E-state index is 11.9. The van der Waals surface area contributed by atoms with Crippen molar-refractivity contribution in [3.8, 4) is 5.75 Å². The zero-order chi connectivity index (χ0) is 17.2. The van der Waals surface area contributed by atoms with Crippen LogP contribution in [0.3, 0.4) is 0 Å². The predicted molar refractivity (Wildman–Crippen MR) is 91.9 cm³/mol. The summed E-state index contributed by atoms with van der Waals surface area (Å²) in [5.74, 6) is 0.571. The SMILES string of the molecule is CCCOc1cc(C)ccc1NC(=O)NCCC(=O)NC(C)C. The van der Waals surface area contributed by atoms with Crippen molar-refractivity contribution in [3.05, 3.63) is 23.8 Å². The van der Waals surface area contributed by atoms with Crippen LogP contribution in [0.5, 0.6) is 5.75 Å². The highest BCUT2D eigenvalue weighted by atomic mass is 16.5. The van der Waals surface area contributed by atoms with Gasteiger partial charge in [-0.25, -0.2) is 4.79 Å². The van der Waals surface area contributed by atoms with Crippen molar-refractivity contribution in [2.75, 3.05) is 18.5 Å². The molecule has 1 aromatic carbocycles. The quantitative estimate of drug-likeness (QED) is 0.689. The Balaban J connectivity index is 2.49. The number of anilines is 1. The number of benzene rings is 1. The van der Waals surface area contributed by atoms with Crippen LogP contribution in [0.1, 0.15) is 39.2 Å². The Bertz CT molecular complexity index is 530. The Morgan fingerprint density at radius 1 is 1.26 bits per heavy atom. The molecule has 3 amide bonds. The fourth-order valence-corrected chi connectivity index (χ4v) is 1.91. The Morgan fingerprint density at radius 2 is 2.00 bits per heavy atom. The van der Waals surface area contributed by atoms with Crippen LogP contribution in [-0.2, 0) is 4.79 Å². The third-order valence-electron chi connectivity index (χ3n) is 2.93. The summed E-state index contributed by atoms with van der Waals surface area (Å²) in [5, 5.41) is 8.20. The lowest BCUT2D eigenvalue weighted by Gasteiger charge is -2.14. The minimum atomic E-state index is -0.354. The van der Waals surface area contributed by atoms with Crippen molar-refractivity contribution in [3.63, 3.8) is 0 Å². The highest BCUT2D eigenvalue weighted by Crippen LogP contribution is 2.25. The van der Waals surface area contributed by atoms with Crippen molar-refractivity contribution in [1.82, 2.24) is 10.6 Å². The van der Waals surface area contributed by atoms with Gasteiger partial charge in [-0.2, -0.15) is 0 Å². The van der Waals surface area contributed by atoms with E-state index in [0.717, 1.165) is 12.0 Å². The Morgan fingerprint density at radius 3 is 2.65 bits per heavy atom. The van der Waals surface area contributed by atoms with Gasteiger partial charge in [0.1, 0.15) is 5.75 Å². The van der Waals surface area contributed by atoms with Crippen LogP contribution in [0.2, 0.25) is 0 Å². The van der Waals surface area contributed by atoms with Gasteiger partial charge in [0.15, 0.2) is 0 Å². The van der Waals surface area contributed by atoms with Gasteiger partial charge in [-0.1, -0.05) is 13.0 Å². The molecular weight excluding hydrogens is 294 g/mol. The third-order valence-corrected chi connectivity index (χ3v) is 2.93. The predicted octanol–water partition coefficient (Wildman–Crippen LogP) is 2.82. The summed E-state index contributed by atoms with van der Waals surface area (Å²) in [7, 11) is 0. The van der Waals surface area contributed by atoms with Gasteiger partial charge >= 0.3 is 6.03 Å². The molecule has 0 aromatic heterocycles. The normalized spacial score (nSPS) is 10.3. The molecule has 3 N–H and O–H groups in total. The number of rotatable bonds is 8. The first kappa shape index (κ1) is 18.8. The van der Waals surface area contributed by atoms with E-state index < -0.39 is 0 Å². The van der Waals surface area contributed by atoms with Gasteiger partial charge in [-0.3, -0.25) is 4.79 Å². The molecule has 0 bridgehead atoms. The Labute approximate surface area is 138 Å². The second-order valence-corrected chi connectivity index (χ2v) is 5.70. The number of carbonyl (C=O) groups excluding carboxylic acids is 2. The molecule has 0 fully saturated rings. The summed E-state index contributed by atoms with van der Waals surface area (Å²) < 4.78 is 5.65. The van der Waals surface area contributed by atoms with Gasteiger partial charge in [-0.05, 0) is 44.9 Å². The molecule has 1 aromatic rings. The molecular formula is C17H27N3O3. The number of amides is 3. The van der Waals surface area contributed by atoms with Gasteiger partial charge in [0.2, 0.25) is 5.91 Å². The van der Waals surface area contributed by atoms with Crippen LogP contribution in [0.4, 0.5) is 10.5 Å². The number of ether oxygens (including phenoxy) is 1. The Hall–Kier alpha value is -2.24. The van der Waals surface area contributed by atoms with E-state index in [2.05, 4.69) is 16.0 Å². The minimum Gasteiger partial charge on any atom is -0.491 e. The van der Waals surface area contributed by atoms with Gasteiger partial charge < -0.3 is 20.7 Å². The fourth-order valence-electron chi connectivity index (χ4n) is 1.91. The smallest absolute Gasteiger partial charge is 0.319 e. The highest BCUT2D eigenvalue weighted by Gasteiger charge is 2.09. The summed E-state index contributed by atoms with van der Waals surface area (Å²) in [5.41, 5.74) is 1.68. The van der Waals surface area contributed by atoms with Crippen LogP contribution in [-0.4, -0.2) is 31.1 Å². The number of hydrogen-bond acceptors (Lipinski definition) is 3. The summed E-state index contributed by atoms with van der Waals surface area (Å²) >= 11 is 0. The maximum absolute atomic E-state index is 11.9. The first-order chi connectivity index (χ1) is 10.9. The first-order valence-electron chi connectivity index (χ1n) is 8.00. The molecule has 6 nitrogen and oxygen atoms in total. The van der Waals surface area contributed by atoms with Crippen molar-refractivity contribution < 1.29 is 14.3 Å². The number of urea groups is 1. The Kier molecular flexibility index (Phi) is 7.94. The zero-order valence-electron chi connectivity index (χ0n) is 14.4. The van der Waals surface area contributed by atoms with E-state index >= 15 is 0 Å². The molecule has 0 aliphatic rings. The van der Waals surface area contributed by atoms with E-state index in [1.165, 1.54) is 0 Å². The highest BCUT2D eigenvalue weighted by molar-refractivity contribution is 5.91. The number of aryl methyl sites for hydroxylation is 1. The average molecular weight is 321 g/mol. The molecule has 0 aliphatic heterocycles. The lowest BCUT2D eigenvalue weighted by atomic mass is 10.2. The molecule has 0 saturated heterocycles. The van der Waals surface area contributed by atoms with Crippen LogP contribution in [0, 0.1) is 6.92 Å². The van der Waals surface area contributed by atoms with Gasteiger partial charge in [0.25, 0.3) is 0 Å². The largest absolute Gasteiger partial charge is 0.491 e. The fraction of sp³-hybridized carbons (Fsp3) is 0.529. The second-order valence-electron chi connectivity index (χ2n) is 5.70. The van der Waals surface area contributed by atoms with E-state index in [-0.39, 0.29) is 30.9 Å². The molecule has 0 spiro atoms. The first-order valence-corrected chi connectivity index (χ1v) is 8.00.